The van der Waals surface area contributed by atoms with E-state index in [1.54, 1.807) is 30.1 Å². The molecule has 0 saturated heterocycles. The predicted molar refractivity (Wildman–Crippen MR) is 70.3 cm³/mol. The quantitative estimate of drug-likeness (QED) is 0.861. The van der Waals surface area contributed by atoms with Crippen molar-refractivity contribution in [3.8, 4) is 0 Å². The summed E-state index contributed by atoms with van der Waals surface area (Å²) in [6.07, 6.45) is 1.78. The fraction of sp³-hybridized carbons (Fsp3) is 0.0909. The highest BCUT2D eigenvalue weighted by atomic mass is 127. The lowest BCUT2D eigenvalue weighted by atomic mass is 10.2. The number of nitrogens with zero attached hydrogens (tertiary/aromatic N) is 2. The van der Waals surface area contributed by atoms with Gasteiger partial charge in [-0.05, 0) is 40.8 Å². The molecule has 0 saturated carbocycles. The van der Waals surface area contributed by atoms with Gasteiger partial charge in [0.15, 0.2) is 5.82 Å². The molecule has 16 heavy (non-hydrogen) atoms. The number of aromatic nitrogens is 2. The van der Waals surface area contributed by atoms with Gasteiger partial charge >= 0.3 is 0 Å². The summed E-state index contributed by atoms with van der Waals surface area (Å²) in [4.78, 5) is 11.8. The van der Waals surface area contributed by atoms with Crippen LogP contribution in [0.2, 0.25) is 0 Å². The molecule has 2 rings (SSSR count). The van der Waals surface area contributed by atoms with Crippen LogP contribution in [0, 0.1) is 3.57 Å². The first-order valence-electron chi connectivity index (χ1n) is 4.72. The summed E-state index contributed by atoms with van der Waals surface area (Å²) in [5.74, 6) is 0.420. The number of nitrogens with one attached hydrogen (secondary N) is 1. The molecular formula is C11H10IN3O. The zero-order valence-electron chi connectivity index (χ0n) is 8.64. The van der Waals surface area contributed by atoms with Gasteiger partial charge in [-0.15, -0.1) is 0 Å². The van der Waals surface area contributed by atoms with E-state index in [1.807, 2.05) is 18.2 Å². The Kier molecular flexibility index (Phi) is 3.23. The van der Waals surface area contributed by atoms with E-state index in [-0.39, 0.29) is 5.91 Å². The molecule has 2 aromatic rings. The summed E-state index contributed by atoms with van der Waals surface area (Å²) in [6, 6.07) is 9.16. The molecule has 1 heterocycles. The van der Waals surface area contributed by atoms with Crippen LogP contribution in [0.5, 0.6) is 0 Å². The highest BCUT2D eigenvalue weighted by molar-refractivity contribution is 14.1. The van der Waals surface area contributed by atoms with Crippen molar-refractivity contribution in [2.75, 3.05) is 5.32 Å². The van der Waals surface area contributed by atoms with Crippen molar-refractivity contribution in [2.24, 2.45) is 7.05 Å². The van der Waals surface area contributed by atoms with Crippen molar-refractivity contribution in [1.82, 2.24) is 9.78 Å². The third-order valence-electron chi connectivity index (χ3n) is 2.04. The summed E-state index contributed by atoms with van der Waals surface area (Å²) in [5, 5.41) is 6.81. The number of halogens is 1. The van der Waals surface area contributed by atoms with Gasteiger partial charge in [0.1, 0.15) is 0 Å². The van der Waals surface area contributed by atoms with Crippen molar-refractivity contribution in [3.05, 3.63) is 45.7 Å². The molecule has 1 aromatic carbocycles. The van der Waals surface area contributed by atoms with Crippen LogP contribution >= 0.6 is 22.6 Å². The van der Waals surface area contributed by atoms with E-state index in [2.05, 4.69) is 33.0 Å². The molecule has 1 aromatic heterocycles. The molecule has 0 fully saturated rings. The minimum absolute atomic E-state index is 0.141. The number of aryl methyl sites for hydroxylation is 1. The van der Waals surface area contributed by atoms with Crippen molar-refractivity contribution < 1.29 is 4.79 Å². The van der Waals surface area contributed by atoms with Gasteiger partial charge in [0, 0.05) is 28.4 Å². The Balaban J connectivity index is 2.14. The third kappa shape index (κ3) is 2.60. The van der Waals surface area contributed by atoms with Crippen LogP contribution in [0.1, 0.15) is 10.4 Å². The van der Waals surface area contributed by atoms with E-state index in [0.717, 1.165) is 3.57 Å². The first-order chi connectivity index (χ1) is 7.65. The minimum Gasteiger partial charge on any atom is -0.305 e. The van der Waals surface area contributed by atoms with Gasteiger partial charge in [-0.25, -0.2) is 0 Å². The number of hydrogen-bond acceptors (Lipinski definition) is 2. The fourth-order valence-corrected chi connectivity index (χ4v) is 1.84. The number of carbonyl (C=O) groups excluding carboxylic acids is 1. The summed E-state index contributed by atoms with van der Waals surface area (Å²) < 4.78 is 2.68. The molecule has 0 unspecified atom stereocenters. The molecule has 0 radical (unpaired) electrons. The van der Waals surface area contributed by atoms with Crippen LogP contribution in [0.25, 0.3) is 0 Å². The van der Waals surface area contributed by atoms with E-state index >= 15 is 0 Å². The average molecular weight is 327 g/mol. The molecule has 82 valence electrons. The Morgan fingerprint density at radius 1 is 1.44 bits per heavy atom. The minimum atomic E-state index is -0.141. The maximum atomic E-state index is 11.8. The van der Waals surface area contributed by atoms with Gasteiger partial charge in [-0.2, -0.15) is 5.10 Å². The van der Waals surface area contributed by atoms with E-state index in [1.165, 1.54) is 0 Å². The Morgan fingerprint density at radius 3 is 2.88 bits per heavy atom. The first kappa shape index (κ1) is 11.1. The number of carbonyl (C=O) groups is 1. The predicted octanol–water partition coefficient (Wildman–Crippen LogP) is 2.28. The molecule has 0 aliphatic rings. The second-order valence-corrected chi connectivity index (χ2v) is 4.58. The van der Waals surface area contributed by atoms with Crippen molar-refractivity contribution in [1.29, 1.82) is 0 Å². The van der Waals surface area contributed by atoms with Gasteiger partial charge in [0.25, 0.3) is 5.91 Å². The van der Waals surface area contributed by atoms with Crippen LogP contribution in [-0.4, -0.2) is 15.7 Å². The van der Waals surface area contributed by atoms with E-state index in [4.69, 9.17) is 0 Å². The molecule has 4 nitrogen and oxygen atoms in total. The average Bonchev–Trinajstić information content (AvgIpc) is 2.64. The van der Waals surface area contributed by atoms with E-state index < -0.39 is 0 Å². The van der Waals surface area contributed by atoms with Crippen LogP contribution in [0.15, 0.2) is 36.5 Å². The second-order valence-electron chi connectivity index (χ2n) is 3.34. The van der Waals surface area contributed by atoms with Gasteiger partial charge in [-0.1, -0.05) is 6.07 Å². The van der Waals surface area contributed by atoms with Gasteiger partial charge in [0.05, 0.1) is 0 Å². The number of benzene rings is 1. The number of amides is 1. The van der Waals surface area contributed by atoms with Gasteiger partial charge in [0.2, 0.25) is 0 Å². The summed E-state index contributed by atoms with van der Waals surface area (Å²) in [6.45, 7) is 0. The van der Waals surface area contributed by atoms with Crippen LogP contribution in [0.3, 0.4) is 0 Å². The highest BCUT2D eigenvalue weighted by Crippen LogP contribution is 2.10. The van der Waals surface area contributed by atoms with Crippen molar-refractivity contribution in [2.45, 2.75) is 0 Å². The number of rotatable bonds is 2. The first-order valence-corrected chi connectivity index (χ1v) is 5.79. The number of anilines is 1. The molecule has 0 atom stereocenters. The molecule has 1 amide bonds. The molecule has 0 spiro atoms. The molecule has 0 aliphatic carbocycles. The lowest BCUT2D eigenvalue weighted by Crippen LogP contribution is -2.12. The van der Waals surface area contributed by atoms with Gasteiger partial charge < -0.3 is 5.32 Å². The highest BCUT2D eigenvalue weighted by Gasteiger charge is 2.07. The van der Waals surface area contributed by atoms with Crippen molar-refractivity contribution >= 4 is 34.3 Å². The summed E-state index contributed by atoms with van der Waals surface area (Å²) in [5.41, 5.74) is 0.637. The third-order valence-corrected chi connectivity index (χ3v) is 2.71. The summed E-state index contributed by atoms with van der Waals surface area (Å²) in [7, 11) is 1.81. The fourth-order valence-electron chi connectivity index (χ4n) is 1.30. The second kappa shape index (κ2) is 4.65. The van der Waals surface area contributed by atoms with Crippen LogP contribution in [-0.2, 0) is 7.05 Å². The topological polar surface area (TPSA) is 46.9 Å². The lowest BCUT2D eigenvalue weighted by molar-refractivity contribution is 0.102. The number of hydrogen-bond donors (Lipinski definition) is 1. The Hall–Kier alpha value is -1.37. The van der Waals surface area contributed by atoms with E-state index in [9.17, 15) is 4.79 Å². The molecule has 1 N–H and O–H groups in total. The smallest absolute Gasteiger partial charge is 0.256 e. The SMILES string of the molecule is Cn1ccc(NC(=O)c2cccc(I)c2)n1. The van der Waals surface area contributed by atoms with Gasteiger partial charge in [-0.3, -0.25) is 9.48 Å². The zero-order chi connectivity index (χ0) is 11.5. The standard InChI is InChI=1S/C11H10IN3O/c1-15-6-5-10(14-15)13-11(16)8-3-2-4-9(12)7-8/h2-7H,1H3,(H,13,14,16). The summed E-state index contributed by atoms with van der Waals surface area (Å²) >= 11 is 2.17. The molecular weight excluding hydrogens is 317 g/mol. The lowest BCUT2D eigenvalue weighted by Gasteiger charge is -2.02. The monoisotopic (exact) mass is 327 g/mol. The normalized spacial score (nSPS) is 10.1. The molecule has 0 aliphatic heterocycles. The van der Waals surface area contributed by atoms with Crippen LogP contribution < -0.4 is 5.32 Å². The molecule has 5 heteroatoms. The maximum Gasteiger partial charge on any atom is 0.256 e. The maximum absolute atomic E-state index is 11.8. The Morgan fingerprint density at radius 2 is 2.25 bits per heavy atom. The Labute approximate surface area is 107 Å². The molecule has 0 bridgehead atoms. The zero-order valence-corrected chi connectivity index (χ0v) is 10.8. The van der Waals surface area contributed by atoms with Crippen LogP contribution in [0.4, 0.5) is 5.82 Å². The van der Waals surface area contributed by atoms with Crippen molar-refractivity contribution in [3.63, 3.8) is 0 Å². The Bertz CT molecular complexity index is 521. The largest absolute Gasteiger partial charge is 0.305 e. The van der Waals surface area contributed by atoms with E-state index in [0.29, 0.717) is 11.4 Å².